The number of ether oxygens (including phenoxy) is 4. The summed E-state index contributed by atoms with van der Waals surface area (Å²) in [5.74, 6) is -0.355. The van der Waals surface area contributed by atoms with Crippen molar-refractivity contribution in [2.24, 2.45) is 0 Å². The minimum atomic E-state index is -0.832. The number of non-ortho nitro benzene ring substituents is 1. The summed E-state index contributed by atoms with van der Waals surface area (Å²) in [5, 5.41) is 15.0. The van der Waals surface area contributed by atoms with Crippen LogP contribution in [0.1, 0.15) is 42.3 Å². The normalized spacial score (nSPS) is 13.2. The van der Waals surface area contributed by atoms with Crippen LogP contribution in [0.3, 0.4) is 0 Å². The van der Waals surface area contributed by atoms with Crippen LogP contribution in [0.25, 0.3) is 16.7 Å². The first kappa shape index (κ1) is 30.1. The molecule has 44 heavy (non-hydrogen) atoms. The molecule has 0 saturated heterocycles. The fraction of sp³-hybridized carbons (Fsp3) is 0.206. The number of halogens is 1. The highest BCUT2D eigenvalue weighted by Gasteiger charge is 2.27. The second-order valence-electron chi connectivity index (χ2n) is 10.8. The van der Waals surface area contributed by atoms with Crippen molar-refractivity contribution in [3.05, 3.63) is 111 Å². The zero-order valence-electron chi connectivity index (χ0n) is 24.9. The summed E-state index contributed by atoms with van der Waals surface area (Å²) in [6.45, 7) is 6.20. The van der Waals surface area contributed by atoms with E-state index in [1.54, 1.807) is 24.3 Å². The van der Waals surface area contributed by atoms with Crippen LogP contribution in [0, 0.1) is 15.9 Å². The summed E-state index contributed by atoms with van der Waals surface area (Å²) >= 11 is 0. The number of hydrogen-bond acceptors (Lipinski definition) is 8. The lowest BCUT2D eigenvalue weighted by Crippen LogP contribution is -2.32. The molecule has 4 aromatic rings. The molecule has 10 heteroatoms. The number of carbonyl (C=O) groups is 1. The van der Waals surface area contributed by atoms with Gasteiger partial charge in [0.1, 0.15) is 23.9 Å². The summed E-state index contributed by atoms with van der Waals surface area (Å²) in [4.78, 5) is 23.6. The van der Waals surface area contributed by atoms with Gasteiger partial charge in [0.15, 0.2) is 11.5 Å². The lowest BCUT2D eigenvalue weighted by molar-refractivity contribution is -0.385. The largest absolute Gasteiger partial charge is 0.496 e. The Morgan fingerprint density at radius 2 is 1.66 bits per heavy atom. The molecular formula is C34H31FN2O7. The lowest BCUT2D eigenvalue weighted by Gasteiger charge is -2.33. The van der Waals surface area contributed by atoms with E-state index in [-0.39, 0.29) is 34.9 Å². The molecule has 0 bridgehead atoms. The molecule has 0 spiro atoms. The summed E-state index contributed by atoms with van der Waals surface area (Å²) in [6.07, 6.45) is 2.12. The fourth-order valence-electron chi connectivity index (χ4n) is 5.39. The number of carbonyl (C=O) groups excluding carboxylic acids is 1. The third-order valence-electron chi connectivity index (χ3n) is 7.24. The topological polar surface area (TPSA) is 109 Å². The van der Waals surface area contributed by atoms with E-state index in [4.69, 9.17) is 18.9 Å². The maximum atomic E-state index is 14.2. The Bertz CT molecular complexity index is 1800. The molecule has 1 heterocycles. The van der Waals surface area contributed by atoms with Gasteiger partial charge in [-0.25, -0.2) is 9.18 Å². The van der Waals surface area contributed by atoms with Crippen molar-refractivity contribution in [1.82, 2.24) is 0 Å². The Morgan fingerprint density at radius 1 is 0.932 bits per heavy atom. The zero-order chi connectivity index (χ0) is 31.6. The molecular weight excluding hydrogens is 567 g/mol. The number of nitro benzene ring substituents is 1. The minimum absolute atomic E-state index is 0.0382. The summed E-state index contributed by atoms with van der Waals surface area (Å²) in [6, 6.07) is 18.6. The highest BCUT2D eigenvalue weighted by molar-refractivity contribution is 5.92. The third-order valence-corrected chi connectivity index (χ3v) is 7.24. The van der Waals surface area contributed by atoms with Crippen LogP contribution >= 0.6 is 0 Å². The van der Waals surface area contributed by atoms with Crippen LogP contribution in [-0.4, -0.2) is 30.7 Å². The predicted molar refractivity (Wildman–Crippen MR) is 165 cm³/mol. The highest BCUT2D eigenvalue weighted by Crippen LogP contribution is 2.44. The van der Waals surface area contributed by atoms with Gasteiger partial charge in [-0.15, -0.1) is 0 Å². The van der Waals surface area contributed by atoms with E-state index in [0.29, 0.717) is 17.1 Å². The summed E-state index contributed by atoms with van der Waals surface area (Å²) < 4.78 is 37.0. The number of rotatable bonds is 9. The van der Waals surface area contributed by atoms with E-state index < -0.39 is 16.7 Å². The molecule has 0 unspecified atom stereocenters. The molecule has 0 amide bonds. The molecule has 0 aromatic heterocycles. The van der Waals surface area contributed by atoms with Crippen LogP contribution in [0.2, 0.25) is 0 Å². The number of hydrogen-bond donors (Lipinski definition) is 1. The molecule has 9 nitrogen and oxygen atoms in total. The molecule has 1 aliphatic heterocycles. The molecule has 4 aromatic carbocycles. The molecule has 1 aliphatic rings. The zero-order valence-corrected chi connectivity index (χ0v) is 24.9. The van der Waals surface area contributed by atoms with E-state index in [1.165, 1.54) is 50.6 Å². The quantitative estimate of drug-likeness (QED) is 0.0899. The van der Waals surface area contributed by atoms with Gasteiger partial charge in [0.2, 0.25) is 0 Å². The fourth-order valence-corrected chi connectivity index (χ4v) is 5.39. The molecule has 0 saturated carbocycles. The second kappa shape index (κ2) is 12.1. The Kier molecular flexibility index (Phi) is 8.26. The van der Waals surface area contributed by atoms with Crippen molar-refractivity contribution < 1.29 is 33.1 Å². The monoisotopic (exact) mass is 598 g/mol. The first-order valence-electron chi connectivity index (χ1n) is 13.8. The first-order chi connectivity index (χ1) is 21.0. The van der Waals surface area contributed by atoms with Gasteiger partial charge in [0.25, 0.3) is 5.69 Å². The van der Waals surface area contributed by atoms with Gasteiger partial charge in [-0.05, 0) is 68.3 Å². The third kappa shape index (κ3) is 6.05. The first-order valence-corrected chi connectivity index (χ1v) is 13.8. The number of nitro groups is 1. The second-order valence-corrected chi connectivity index (χ2v) is 10.8. The van der Waals surface area contributed by atoms with Gasteiger partial charge in [0, 0.05) is 34.5 Å². The maximum Gasteiger partial charge on any atom is 0.346 e. The SMILES string of the molecule is COc1ccc([N+](=O)[O-])cc1OCc1c(-c2ccc(OC(=O)c3ccccc3F)cc2OC)ccc2c1C(C)=CC(C)(C)N2. The molecule has 0 aliphatic carbocycles. The molecule has 226 valence electrons. The highest BCUT2D eigenvalue weighted by atomic mass is 19.1. The number of nitrogens with zero attached hydrogens (tertiary/aromatic N) is 1. The Hall–Kier alpha value is -5.38. The van der Waals surface area contributed by atoms with Crippen molar-refractivity contribution in [3.8, 4) is 34.1 Å². The minimum Gasteiger partial charge on any atom is -0.496 e. The molecule has 1 N–H and O–H groups in total. The Morgan fingerprint density at radius 3 is 2.36 bits per heavy atom. The van der Waals surface area contributed by atoms with E-state index in [1.807, 2.05) is 19.1 Å². The summed E-state index contributed by atoms with van der Waals surface area (Å²) in [7, 11) is 2.97. The number of benzene rings is 4. The van der Waals surface area contributed by atoms with Gasteiger partial charge in [0.05, 0.1) is 36.3 Å². The van der Waals surface area contributed by atoms with Crippen LogP contribution in [-0.2, 0) is 6.61 Å². The summed E-state index contributed by atoms with van der Waals surface area (Å²) in [5.41, 5.74) is 4.49. The van der Waals surface area contributed by atoms with Crippen molar-refractivity contribution in [2.45, 2.75) is 32.9 Å². The van der Waals surface area contributed by atoms with Gasteiger partial charge >= 0.3 is 5.97 Å². The molecule has 0 fully saturated rings. The molecule has 0 atom stereocenters. The Balaban J connectivity index is 1.57. The van der Waals surface area contributed by atoms with Gasteiger partial charge < -0.3 is 24.3 Å². The number of fused-ring (bicyclic) bond motifs is 1. The number of esters is 1. The van der Waals surface area contributed by atoms with Crippen molar-refractivity contribution in [2.75, 3.05) is 19.5 Å². The van der Waals surface area contributed by atoms with E-state index >= 15 is 0 Å². The smallest absolute Gasteiger partial charge is 0.346 e. The van der Waals surface area contributed by atoms with E-state index in [2.05, 4.69) is 25.2 Å². The predicted octanol–water partition coefficient (Wildman–Crippen LogP) is 7.82. The maximum absolute atomic E-state index is 14.2. The van der Waals surface area contributed by atoms with Crippen LogP contribution in [0.4, 0.5) is 15.8 Å². The number of anilines is 1. The number of allylic oxidation sites excluding steroid dienone is 1. The van der Waals surface area contributed by atoms with Crippen molar-refractivity contribution >= 4 is 22.9 Å². The molecule has 0 radical (unpaired) electrons. The average molecular weight is 599 g/mol. The lowest BCUT2D eigenvalue weighted by atomic mass is 9.85. The van der Waals surface area contributed by atoms with Crippen LogP contribution < -0.4 is 24.3 Å². The molecule has 5 rings (SSSR count). The van der Waals surface area contributed by atoms with Gasteiger partial charge in [-0.3, -0.25) is 10.1 Å². The number of methoxy groups -OCH3 is 2. The Labute approximate surface area is 254 Å². The number of nitrogens with one attached hydrogen (secondary N) is 1. The van der Waals surface area contributed by atoms with Crippen LogP contribution in [0.5, 0.6) is 23.0 Å². The van der Waals surface area contributed by atoms with Crippen LogP contribution in [0.15, 0.2) is 78.9 Å². The van der Waals surface area contributed by atoms with Gasteiger partial charge in [-0.1, -0.05) is 24.3 Å². The van der Waals surface area contributed by atoms with E-state index in [0.717, 1.165) is 28.0 Å². The van der Waals surface area contributed by atoms with E-state index in [9.17, 15) is 19.3 Å². The van der Waals surface area contributed by atoms with Gasteiger partial charge in [-0.2, -0.15) is 0 Å². The van der Waals surface area contributed by atoms with Crippen molar-refractivity contribution in [3.63, 3.8) is 0 Å². The standard InChI is InChI=1S/C34H31FN2O7/c1-20-18-34(2,3)36-28-14-13-23(26(32(20)28)19-43-31-16-21(37(39)40)10-15-29(31)41-4)24-12-11-22(17-30(24)42-5)44-33(38)25-8-6-7-9-27(25)35/h6-18,36H,19H2,1-5H3. The average Bonchev–Trinajstić information content (AvgIpc) is 2.99. The van der Waals surface area contributed by atoms with Crippen molar-refractivity contribution in [1.29, 1.82) is 0 Å².